The minimum atomic E-state index is -4.83. The molecule has 4 aliphatic rings. The molecule has 0 aromatic heterocycles. The monoisotopic (exact) mass is 1850 g/mol. The Morgan fingerprint density at radius 1 is 0.385 bits per heavy atom. The zero-order chi connectivity index (χ0) is 90.9. The highest BCUT2D eigenvalue weighted by Crippen LogP contribution is 2.54. The van der Waals surface area contributed by atoms with Crippen molar-refractivity contribution in [3.8, 4) is 0 Å². The molecule has 4 aromatic rings. The maximum absolute atomic E-state index is 12.1. The van der Waals surface area contributed by atoms with Crippen molar-refractivity contribution >= 4 is 127 Å². The molecule has 4 heterocycles. The fraction of sp³-hybridized carbons (Fsp3) is 0.463. The topological polar surface area (TPSA) is 533 Å². The second-order valence-corrected chi connectivity index (χ2v) is 43.2. The molecule has 4 aromatic carbocycles. The highest BCUT2D eigenvalue weighted by molar-refractivity contribution is 7.87. The molecule has 6 N–H and O–H groups in total. The van der Waals surface area contributed by atoms with Crippen LogP contribution in [-0.2, 0) is 119 Å². The number of carboxylic acids is 2. The van der Waals surface area contributed by atoms with Gasteiger partial charge in [0.25, 0.3) is 40.5 Å². The maximum atomic E-state index is 12.1. The molecule has 40 heteroatoms. The van der Waals surface area contributed by atoms with Gasteiger partial charge in [0.2, 0.25) is 11.4 Å². The SMILES string of the molecule is CCN1/C(=C/C=C/C=C/C=C/C2=[N+](CCCCCC(=O)O)c3ccc(S(=O)(=O)[O-])cc3C2(C)CCCCS(=O)(=O)[O-])C(C)(CCCCS(=O)(=O)O)c2cc(S(=O)(=O)O)ccc21.CCN1/C(=C/C=C/C=C/C=C/C2=[N+](CCCCS(=O)(=O)[O-])c3ccc(CC(=O)O)cc3C2(C)CCCCS(=O)(=O)[O-])C(C)(CCCCS(=O)(=O)O)c2cc(S(=O)(=O)O)ccc21. The first-order chi connectivity index (χ1) is 56.6. The molecule has 32 nitrogen and oxygen atoms in total. The van der Waals surface area contributed by atoms with Crippen molar-refractivity contribution in [1.29, 1.82) is 0 Å². The number of likely N-dealkylation sites (N-methyl/N-ethyl adjacent to an activating group) is 2. The van der Waals surface area contributed by atoms with E-state index in [0.29, 0.717) is 125 Å². The second kappa shape index (κ2) is 41.8. The summed E-state index contributed by atoms with van der Waals surface area (Å²) in [4.78, 5) is 25.8. The third kappa shape index (κ3) is 28.0. The highest BCUT2D eigenvalue weighted by atomic mass is 32.2. The predicted molar refractivity (Wildman–Crippen MR) is 458 cm³/mol. The standard InChI is InChI=1S/2C41H54N2O14S4/c1-4-42-35-22-20-31(60(52,53)54)29-33(35)40(2,24-12-15-27-58(46,47)48)37(42)17-9-6-5-7-10-18-38-41(3,25-13-16-28-59(49,50)51)34-30-32(61(55,56)57)21-23-36(34)43(38)26-14-8-11-19-39(44)45;1-4-42-35-21-19-32(61(55,56)57)30-34(35)41(3,23-11-14-26-59(49,50)51)37(42)16-8-6-5-7-9-17-38-40(2,22-10-13-25-58(46,47)48)33-28-31(29-39(44)45)18-20-36(33)43(38)24-12-15-27-60(52,53)54/h5-7,9-10,17-18,20-23,29-30H,4,8,11-16,19,24-28H2,1-3H3,(H4-,44,45,46,47,48,49,50,51,52,53,54,55,56,57);5-9,16-21,28,30H,4,10-15,22-27,29H2,1-3H3,(H4-,44,45,46,47,48,49,50,51,52,53,54,55,56,57)/p-2. The van der Waals surface area contributed by atoms with Crippen molar-refractivity contribution in [3.63, 3.8) is 0 Å². The van der Waals surface area contributed by atoms with Crippen LogP contribution in [-0.4, -0.2) is 201 Å². The summed E-state index contributed by atoms with van der Waals surface area (Å²) in [5.74, 6) is -4.45. The molecule has 0 saturated carbocycles. The lowest BCUT2D eigenvalue weighted by atomic mass is 9.75. The number of anilines is 2. The summed E-state index contributed by atoms with van der Waals surface area (Å²) >= 11 is 0. The Labute approximate surface area is 716 Å². The van der Waals surface area contributed by atoms with Crippen LogP contribution in [0.1, 0.15) is 185 Å². The van der Waals surface area contributed by atoms with Crippen molar-refractivity contribution in [1.82, 2.24) is 0 Å². The van der Waals surface area contributed by atoms with Gasteiger partial charge in [0.1, 0.15) is 23.2 Å². The van der Waals surface area contributed by atoms with Crippen LogP contribution in [0.3, 0.4) is 0 Å². The van der Waals surface area contributed by atoms with Gasteiger partial charge >= 0.3 is 11.9 Å². The van der Waals surface area contributed by atoms with Crippen LogP contribution in [0, 0.1) is 0 Å². The summed E-state index contributed by atoms with van der Waals surface area (Å²) in [7, 11) is -35.6. The van der Waals surface area contributed by atoms with Crippen LogP contribution in [0.2, 0.25) is 0 Å². The Bertz CT molecular complexity index is 5870. The van der Waals surface area contributed by atoms with Gasteiger partial charge in [0, 0.05) is 119 Å². The van der Waals surface area contributed by atoms with Crippen LogP contribution in [0.5, 0.6) is 0 Å². The van der Waals surface area contributed by atoms with Gasteiger partial charge in [-0.05, 0) is 196 Å². The number of carbonyl (C=O) groups is 2. The number of nitrogens with zero attached hydrogens (tertiary/aromatic N) is 4. The molecule has 0 saturated heterocycles. The lowest BCUT2D eigenvalue weighted by Gasteiger charge is -2.30. The molecule has 0 amide bonds. The third-order valence-electron chi connectivity index (χ3n) is 22.3. The summed E-state index contributed by atoms with van der Waals surface area (Å²) in [6.07, 6.45) is 30.3. The molecule has 0 aliphatic carbocycles. The smallest absolute Gasteiger partial charge is 0.307 e. The van der Waals surface area contributed by atoms with Crippen molar-refractivity contribution < 1.29 is 133 Å². The van der Waals surface area contributed by atoms with Crippen LogP contribution < -0.4 is 9.80 Å². The van der Waals surface area contributed by atoms with Gasteiger partial charge in [-0.1, -0.05) is 92.5 Å². The van der Waals surface area contributed by atoms with Gasteiger partial charge in [-0.15, -0.1) is 0 Å². The predicted octanol–water partition coefficient (Wildman–Crippen LogP) is 11.3. The summed E-state index contributed by atoms with van der Waals surface area (Å²) in [5.41, 5.74) is 5.73. The Morgan fingerprint density at radius 2 is 0.730 bits per heavy atom. The number of hydrogen-bond acceptors (Lipinski definition) is 24. The quantitative estimate of drug-likeness (QED) is 0.0104. The van der Waals surface area contributed by atoms with Crippen LogP contribution in [0.15, 0.2) is 184 Å². The van der Waals surface area contributed by atoms with E-state index in [-0.39, 0.29) is 61.2 Å². The van der Waals surface area contributed by atoms with E-state index in [9.17, 15) is 118 Å². The lowest BCUT2D eigenvalue weighted by molar-refractivity contribution is -0.438. The fourth-order valence-electron chi connectivity index (χ4n) is 16.5. The van der Waals surface area contributed by atoms with Gasteiger partial charge < -0.3 is 38.2 Å². The number of allylic oxidation sites excluding steroid dienone is 16. The summed E-state index contributed by atoms with van der Waals surface area (Å²) < 4.78 is 275. The molecular formula is C82H106N4O28S8-2. The van der Waals surface area contributed by atoms with Crippen molar-refractivity contribution in [3.05, 3.63) is 197 Å². The number of aliphatic carboxylic acids is 2. The first-order valence-electron chi connectivity index (χ1n) is 39.5. The van der Waals surface area contributed by atoms with E-state index in [4.69, 9.17) is 5.11 Å². The van der Waals surface area contributed by atoms with Crippen LogP contribution in [0.4, 0.5) is 22.7 Å². The van der Waals surface area contributed by atoms with Gasteiger partial charge in [-0.3, -0.25) is 27.8 Å². The number of rotatable bonds is 46. The third-order valence-corrected chi connectivity index (χ3v) is 28.8. The molecule has 4 aliphatic heterocycles. The molecule has 8 rings (SSSR count). The van der Waals surface area contributed by atoms with E-state index in [2.05, 4.69) is 0 Å². The van der Waals surface area contributed by atoms with Crippen molar-refractivity contribution in [2.75, 3.05) is 64.7 Å². The van der Waals surface area contributed by atoms with E-state index in [1.807, 2.05) is 84.8 Å². The van der Waals surface area contributed by atoms with Gasteiger partial charge in [-0.2, -0.15) is 42.8 Å². The van der Waals surface area contributed by atoms with Crippen LogP contribution >= 0.6 is 0 Å². The molecule has 0 radical (unpaired) electrons. The summed E-state index contributed by atoms with van der Waals surface area (Å²) in [6.45, 7) is 13.2. The van der Waals surface area contributed by atoms with E-state index < -0.39 is 148 Å². The lowest BCUT2D eigenvalue weighted by Crippen LogP contribution is -2.31. The Morgan fingerprint density at radius 3 is 1.10 bits per heavy atom. The number of unbranched alkanes of at least 4 members (excludes halogenated alkanes) is 7. The molecule has 122 heavy (non-hydrogen) atoms. The zero-order valence-electron chi connectivity index (χ0n) is 68.5. The van der Waals surface area contributed by atoms with E-state index in [1.54, 1.807) is 97.2 Å². The average Bonchev–Trinajstić information content (AvgIpc) is 1.61. The maximum Gasteiger partial charge on any atom is 0.307 e. The Kier molecular flexibility index (Phi) is 34.7. The molecule has 0 fully saturated rings. The van der Waals surface area contributed by atoms with Gasteiger partial charge in [0.15, 0.2) is 11.4 Å². The first kappa shape index (κ1) is 101. The molecule has 4 unspecified atom stereocenters. The summed E-state index contributed by atoms with van der Waals surface area (Å²) in [6, 6.07) is 18.1. The number of fused-ring (bicyclic) bond motifs is 4. The van der Waals surface area contributed by atoms with Crippen LogP contribution in [0.25, 0.3) is 0 Å². The Hall–Kier alpha value is -8.04. The Balaban J connectivity index is 0.000000336. The minimum Gasteiger partial charge on any atom is -0.748 e. The number of carboxylic acid groups (broad SMARTS) is 2. The molecule has 0 spiro atoms. The molecule has 672 valence electrons. The number of hydrogen-bond donors (Lipinski definition) is 6. The molecular weight excluding hydrogens is 1750 g/mol. The highest BCUT2D eigenvalue weighted by Gasteiger charge is 2.50. The second-order valence-electron chi connectivity index (χ2n) is 31.2. The largest absolute Gasteiger partial charge is 0.748 e. The number of benzene rings is 4. The first-order valence-corrected chi connectivity index (χ1v) is 51.8. The minimum absolute atomic E-state index is 0.00177. The van der Waals surface area contributed by atoms with Crippen molar-refractivity contribution in [2.24, 2.45) is 0 Å². The van der Waals surface area contributed by atoms with E-state index in [0.717, 1.165) is 45.4 Å². The van der Waals surface area contributed by atoms with Gasteiger partial charge in [0.05, 0.1) is 73.8 Å². The zero-order valence-corrected chi connectivity index (χ0v) is 75.1. The molecule has 4 atom stereocenters. The average molecular weight is 1850 g/mol. The summed E-state index contributed by atoms with van der Waals surface area (Å²) in [5, 5.41) is 18.6. The van der Waals surface area contributed by atoms with Gasteiger partial charge in [-0.25, -0.2) is 33.7 Å². The normalized spacial score (nSPS) is 20.5. The van der Waals surface area contributed by atoms with E-state index >= 15 is 0 Å². The van der Waals surface area contributed by atoms with E-state index in [1.165, 1.54) is 36.4 Å². The fourth-order valence-corrected chi connectivity index (χ4v) is 20.8. The molecule has 0 bridgehead atoms. The van der Waals surface area contributed by atoms with Crippen molar-refractivity contribution in [2.45, 2.75) is 200 Å².